The monoisotopic (exact) mass is 408 g/mol. The molecule has 21 heavy (non-hydrogen) atoms. The van der Waals surface area contributed by atoms with Gasteiger partial charge in [0, 0.05) is 40.2 Å². The molecule has 1 saturated carbocycles. The predicted molar refractivity (Wildman–Crippen MR) is 97.2 cm³/mol. The van der Waals surface area contributed by atoms with E-state index >= 15 is 0 Å². The Morgan fingerprint density at radius 2 is 2.05 bits per heavy atom. The molecule has 1 amide bonds. The van der Waals surface area contributed by atoms with Gasteiger partial charge in [-0.1, -0.05) is 6.42 Å². The van der Waals surface area contributed by atoms with Crippen molar-refractivity contribution in [2.45, 2.75) is 39.0 Å². The maximum Gasteiger partial charge on any atom is 0.223 e. The average molecular weight is 408 g/mol. The van der Waals surface area contributed by atoms with E-state index in [4.69, 9.17) is 0 Å². The third-order valence-electron chi connectivity index (χ3n) is 4.57. The minimum Gasteiger partial charge on any atom is -0.357 e. The lowest BCUT2D eigenvalue weighted by Gasteiger charge is -2.38. The van der Waals surface area contributed by atoms with E-state index < -0.39 is 0 Å². The van der Waals surface area contributed by atoms with Crippen LogP contribution >= 0.6 is 24.0 Å². The number of amides is 1. The Labute approximate surface area is 145 Å². The van der Waals surface area contributed by atoms with Gasteiger partial charge in [-0.2, -0.15) is 0 Å². The number of guanidine groups is 1. The van der Waals surface area contributed by atoms with Crippen molar-refractivity contribution >= 4 is 35.8 Å². The van der Waals surface area contributed by atoms with Gasteiger partial charge in [-0.05, 0) is 31.6 Å². The van der Waals surface area contributed by atoms with Crippen LogP contribution in [0.15, 0.2) is 4.99 Å². The molecule has 6 heteroatoms. The molecule has 2 aliphatic rings. The van der Waals surface area contributed by atoms with E-state index in [0.29, 0.717) is 18.4 Å². The molecule has 0 aromatic rings. The van der Waals surface area contributed by atoms with Gasteiger partial charge in [0.05, 0.1) is 6.54 Å². The van der Waals surface area contributed by atoms with Crippen molar-refractivity contribution in [2.75, 3.05) is 40.3 Å². The molecule has 122 valence electrons. The van der Waals surface area contributed by atoms with Crippen LogP contribution in [0.1, 0.15) is 39.0 Å². The zero-order chi connectivity index (χ0) is 14.6. The lowest BCUT2D eigenvalue weighted by Crippen LogP contribution is -2.42. The highest BCUT2D eigenvalue weighted by Gasteiger charge is 2.43. The van der Waals surface area contributed by atoms with Crippen LogP contribution in [0.25, 0.3) is 0 Å². The molecular formula is C15H29IN4O. The second-order valence-corrected chi connectivity index (χ2v) is 6.30. The number of aliphatic imine (C=N–C) groups is 1. The Morgan fingerprint density at radius 3 is 2.52 bits per heavy atom. The molecule has 1 spiro atoms. The van der Waals surface area contributed by atoms with Crippen molar-refractivity contribution in [3.8, 4) is 0 Å². The van der Waals surface area contributed by atoms with Crippen LogP contribution in [0.5, 0.6) is 0 Å². The second-order valence-electron chi connectivity index (χ2n) is 6.30. The van der Waals surface area contributed by atoms with Crippen molar-refractivity contribution in [3.63, 3.8) is 0 Å². The minimum atomic E-state index is 0. The molecule has 2 fully saturated rings. The summed E-state index contributed by atoms with van der Waals surface area (Å²) in [5, 5.41) is 3.36. The maximum atomic E-state index is 11.6. The quantitative estimate of drug-likeness (QED) is 0.440. The van der Waals surface area contributed by atoms with E-state index in [1.165, 1.54) is 25.7 Å². The molecule has 1 aliphatic carbocycles. The van der Waals surface area contributed by atoms with E-state index in [1.807, 2.05) is 0 Å². The van der Waals surface area contributed by atoms with Crippen LogP contribution in [0.2, 0.25) is 0 Å². The molecule has 1 heterocycles. The van der Waals surface area contributed by atoms with E-state index in [-0.39, 0.29) is 29.9 Å². The normalized spacial score (nSPS) is 20.0. The van der Waals surface area contributed by atoms with Gasteiger partial charge in [0.1, 0.15) is 0 Å². The van der Waals surface area contributed by atoms with Crippen molar-refractivity contribution in [3.05, 3.63) is 0 Å². The lowest BCUT2D eigenvalue weighted by atomic mass is 9.68. The van der Waals surface area contributed by atoms with Crippen LogP contribution in [0, 0.1) is 5.41 Å². The smallest absolute Gasteiger partial charge is 0.223 e. The van der Waals surface area contributed by atoms with Crippen LogP contribution in [-0.2, 0) is 4.79 Å². The van der Waals surface area contributed by atoms with Crippen LogP contribution in [-0.4, -0.2) is 61.9 Å². The van der Waals surface area contributed by atoms with Crippen molar-refractivity contribution in [2.24, 2.45) is 10.4 Å². The standard InChI is InChI=1S/C15H28N4O.HI/c1-4-16-14(17-10-6-13(20)18(2)3)19-11-9-15(12-19)7-5-8-15;/h4-12H2,1-3H3,(H,16,17);1H. The topological polar surface area (TPSA) is 47.9 Å². The number of nitrogens with zero attached hydrogens (tertiary/aromatic N) is 3. The fourth-order valence-corrected chi connectivity index (χ4v) is 3.11. The van der Waals surface area contributed by atoms with Gasteiger partial charge in [-0.15, -0.1) is 24.0 Å². The Bertz CT molecular complexity index is 380. The fourth-order valence-electron chi connectivity index (χ4n) is 3.11. The first kappa shape index (κ1) is 18.5. The maximum absolute atomic E-state index is 11.6. The third kappa shape index (κ3) is 4.72. The molecule has 0 atom stereocenters. The first-order valence-corrected chi connectivity index (χ1v) is 7.80. The molecular weight excluding hydrogens is 379 g/mol. The number of rotatable bonds is 4. The Balaban J connectivity index is 0.00000220. The average Bonchev–Trinajstić information content (AvgIpc) is 2.82. The summed E-state index contributed by atoms with van der Waals surface area (Å²) in [4.78, 5) is 20.2. The summed E-state index contributed by atoms with van der Waals surface area (Å²) in [5.74, 6) is 1.13. The Kier molecular flexibility index (Phi) is 7.23. The highest BCUT2D eigenvalue weighted by Crippen LogP contribution is 2.47. The van der Waals surface area contributed by atoms with Crippen molar-refractivity contribution < 1.29 is 4.79 Å². The summed E-state index contributed by atoms with van der Waals surface area (Å²) in [6, 6.07) is 0. The molecule has 0 unspecified atom stereocenters. The summed E-state index contributed by atoms with van der Waals surface area (Å²) in [5.41, 5.74) is 0.579. The summed E-state index contributed by atoms with van der Waals surface area (Å²) in [7, 11) is 3.58. The first-order valence-electron chi connectivity index (χ1n) is 7.80. The van der Waals surface area contributed by atoms with Gasteiger partial charge in [0.15, 0.2) is 5.96 Å². The van der Waals surface area contributed by atoms with Gasteiger partial charge in [0.25, 0.3) is 0 Å². The van der Waals surface area contributed by atoms with Crippen LogP contribution in [0.4, 0.5) is 0 Å². The summed E-state index contributed by atoms with van der Waals surface area (Å²) in [6.45, 7) is 5.79. The molecule has 0 aromatic carbocycles. The zero-order valence-corrected chi connectivity index (χ0v) is 15.9. The number of halogens is 1. The Morgan fingerprint density at radius 1 is 1.33 bits per heavy atom. The SMILES string of the molecule is CCNC(=NCCC(=O)N(C)C)N1CCC2(CCC2)C1.I. The molecule has 1 saturated heterocycles. The highest BCUT2D eigenvalue weighted by atomic mass is 127. The van der Waals surface area contributed by atoms with Crippen LogP contribution < -0.4 is 5.32 Å². The fraction of sp³-hybridized carbons (Fsp3) is 0.867. The molecule has 1 aliphatic heterocycles. The van der Waals surface area contributed by atoms with Gasteiger partial charge in [0.2, 0.25) is 5.91 Å². The van der Waals surface area contributed by atoms with E-state index in [0.717, 1.165) is 25.6 Å². The number of carbonyl (C=O) groups is 1. The first-order chi connectivity index (χ1) is 9.56. The number of hydrogen-bond donors (Lipinski definition) is 1. The third-order valence-corrected chi connectivity index (χ3v) is 4.57. The van der Waals surface area contributed by atoms with Crippen molar-refractivity contribution in [1.82, 2.24) is 15.1 Å². The van der Waals surface area contributed by atoms with Crippen molar-refractivity contribution in [1.29, 1.82) is 0 Å². The summed E-state index contributed by atoms with van der Waals surface area (Å²) >= 11 is 0. The van der Waals surface area contributed by atoms with Gasteiger partial charge in [-0.3, -0.25) is 9.79 Å². The van der Waals surface area contributed by atoms with E-state index in [1.54, 1.807) is 19.0 Å². The molecule has 5 nitrogen and oxygen atoms in total. The lowest BCUT2D eigenvalue weighted by molar-refractivity contribution is -0.128. The summed E-state index contributed by atoms with van der Waals surface area (Å²) < 4.78 is 0. The predicted octanol–water partition coefficient (Wildman–Crippen LogP) is 1.92. The van der Waals surface area contributed by atoms with Gasteiger partial charge >= 0.3 is 0 Å². The number of nitrogens with one attached hydrogen (secondary N) is 1. The van der Waals surface area contributed by atoms with E-state index in [2.05, 4.69) is 22.1 Å². The molecule has 0 bridgehead atoms. The zero-order valence-electron chi connectivity index (χ0n) is 13.5. The molecule has 2 rings (SSSR count). The van der Waals surface area contributed by atoms with Crippen LogP contribution in [0.3, 0.4) is 0 Å². The van der Waals surface area contributed by atoms with Gasteiger partial charge in [-0.25, -0.2) is 0 Å². The number of hydrogen-bond acceptors (Lipinski definition) is 2. The Hall–Kier alpha value is -0.530. The highest BCUT2D eigenvalue weighted by molar-refractivity contribution is 14.0. The second kappa shape index (κ2) is 8.19. The number of carbonyl (C=O) groups excluding carboxylic acids is 1. The largest absolute Gasteiger partial charge is 0.357 e. The number of likely N-dealkylation sites (tertiary alicyclic amines) is 1. The minimum absolute atomic E-state index is 0. The molecule has 0 aromatic heterocycles. The summed E-state index contributed by atoms with van der Waals surface area (Å²) in [6.07, 6.45) is 5.93. The van der Waals surface area contributed by atoms with Gasteiger partial charge < -0.3 is 15.1 Å². The molecule has 1 N–H and O–H groups in total. The van der Waals surface area contributed by atoms with E-state index in [9.17, 15) is 4.79 Å². The molecule has 0 radical (unpaired) electrons.